The van der Waals surface area contributed by atoms with Crippen molar-refractivity contribution >= 4 is 0 Å². The van der Waals surface area contributed by atoms with E-state index >= 15 is 0 Å². The van der Waals surface area contributed by atoms with E-state index in [1.54, 1.807) is 11.1 Å². The number of hydrogen-bond donors (Lipinski definition) is 0. The molecule has 0 bridgehead atoms. The maximum atomic E-state index is 2.59. The van der Waals surface area contributed by atoms with E-state index in [1.807, 2.05) is 3.28 Å². The first kappa shape index (κ1) is 19.7. The van der Waals surface area contributed by atoms with Crippen molar-refractivity contribution in [2.24, 2.45) is 0 Å². The number of allylic oxidation sites excluding steroid dienone is 4. The first-order valence-corrected chi connectivity index (χ1v) is 17.4. The Morgan fingerprint density at radius 2 is 1.28 bits per heavy atom. The molecule has 1 aliphatic heterocycles. The minimum atomic E-state index is -2.37. The molecule has 29 heavy (non-hydrogen) atoms. The van der Waals surface area contributed by atoms with Crippen molar-refractivity contribution in [2.75, 3.05) is 0 Å². The Morgan fingerprint density at radius 1 is 0.759 bits per heavy atom. The van der Waals surface area contributed by atoms with Crippen molar-refractivity contribution in [2.45, 2.75) is 70.7 Å². The molecule has 2 aromatic carbocycles. The first-order valence-electron chi connectivity index (χ1n) is 11.3. The quantitative estimate of drug-likeness (QED) is 0.423. The van der Waals surface area contributed by atoms with Gasteiger partial charge in [-0.2, -0.15) is 0 Å². The molecule has 0 N–H and O–H groups in total. The van der Waals surface area contributed by atoms with Crippen LogP contribution in [0, 0.1) is 0 Å². The van der Waals surface area contributed by atoms with E-state index < -0.39 is 20.3 Å². The molecule has 2 aliphatic carbocycles. The van der Waals surface area contributed by atoms with Crippen molar-refractivity contribution in [1.82, 2.24) is 0 Å². The summed E-state index contributed by atoms with van der Waals surface area (Å²) in [4.78, 5) is 0. The van der Waals surface area contributed by atoms with Crippen LogP contribution in [-0.2, 0) is 31.1 Å². The molecule has 1 heteroatoms. The zero-order chi connectivity index (χ0) is 20.6. The summed E-state index contributed by atoms with van der Waals surface area (Å²) in [5, 5.41) is 0. The van der Waals surface area contributed by atoms with Gasteiger partial charge in [0.05, 0.1) is 0 Å². The summed E-state index contributed by atoms with van der Waals surface area (Å²) < 4.78 is 5.65. The van der Waals surface area contributed by atoms with E-state index in [1.165, 1.54) is 36.9 Å². The fraction of sp³-hybridized carbons (Fsp3) is 0.429. The second-order valence-electron chi connectivity index (χ2n) is 11.5. The summed E-state index contributed by atoms with van der Waals surface area (Å²) in [7, 11) is 0. The van der Waals surface area contributed by atoms with Gasteiger partial charge in [0.2, 0.25) is 0 Å². The summed E-state index contributed by atoms with van der Waals surface area (Å²) >= 11 is -2.37. The third-order valence-corrected chi connectivity index (χ3v) is 19.7. The molecular formula is C28H34Zr. The zero-order valence-corrected chi connectivity index (χ0v) is 21.4. The molecule has 3 aliphatic rings. The Bertz CT molecular complexity index is 985. The van der Waals surface area contributed by atoms with Crippen LogP contribution in [0.4, 0.5) is 0 Å². The molecule has 150 valence electrons. The normalized spacial score (nSPS) is 19.9. The molecule has 2 aromatic rings. The van der Waals surface area contributed by atoms with Crippen molar-refractivity contribution < 1.29 is 20.3 Å². The van der Waals surface area contributed by atoms with Crippen LogP contribution in [0.15, 0.2) is 57.9 Å². The summed E-state index contributed by atoms with van der Waals surface area (Å²) in [6.45, 7) is 14.1. The van der Waals surface area contributed by atoms with Crippen LogP contribution in [0.2, 0.25) is 8.26 Å². The number of rotatable bonds is 2. The SMILES string of the molecule is CC(C)(C)c1ccc2c(c1)[CH]([Zr]1([C]3=CC=CC3)[CH2][CH2]1)c1cc(C(C)(C)C)ccc1-2. The second kappa shape index (κ2) is 6.40. The third kappa shape index (κ3) is 3.11. The van der Waals surface area contributed by atoms with Gasteiger partial charge in [-0.25, -0.2) is 0 Å². The summed E-state index contributed by atoms with van der Waals surface area (Å²) in [6, 6.07) is 14.8. The summed E-state index contributed by atoms with van der Waals surface area (Å²) in [6.07, 6.45) is 8.44. The summed E-state index contributed by atoms with van der Waals surface area (Å²) in [5.41, 5.74) is 9.76. The molecule has 1 heterocycles. The van der Waals surface area contributed by atoms with E-state index in [0.29, 0.717) is 3.63 Å². The maximum absolute atomic E-state index is 2.59. The molecule has 0 unspecified atom stereocenters. The van der Waals surface area contributed by atoms with Crippen LogP contribution >= 0.6 is 0 Å². The monoisotopic (exact) mass is 460 g/mol. The molecule has 1 saturated heterocycles. The number of hydrogen-bond acceptors (Lipinski definition) is 0. The van der Waals surface area contributed by atoms with E-state index in [0.717, 1.165) is 0 Å². The van der Waals surface area contributed by atoms with E-state index in [-0.39, 0.29) is 10.8 Å². The Morgan fingerprint density at radius 3 is 1.66 bits per heavy atom. The third-order valence-electron chi connectivity index (χ3n) is 7.50. The molecule has 0 spiro atoms. The molecule has 0 nitrogen and oxygen atoms in total. The van der Waals surface area contributed by atoms with Crippen LogP contribution in [0.25, 0.3) is 11.1 Å². The van der Waals surface area contributed by atoms with Crippen LogP contribution in [0.3, 0.4) is 0 Å². The van der Waals surface area contributed by atoms with Crippen LogP contribution in [0.5, 0.6) is 0 Å². The standard InChI is InChI=1S/C21H25.C5H5.C2H4.Zr/c1-20(2,3)16-7-9-18-14(12-16)11-15-13-17(21(4,5)6)8-10-19(15)18;1-2-4-5-3-1;1-2;/h7-13H,1-6H3;1-3H,4H2;1-2H2;. The minimum absolute atomic E-state index is 0.200. The van der Waals surface area contributed by atoms with Crippen molar-refractivity contribution in [1.29, 1.82) is 0 Å². The van der Waals surface area contributed by atoms with E-state index in [9.17, 15) is 0 Å². The predicted octanol–water partition coefficient (Wildman–Crippen LogP) is 8.20. The van der Waals surface area contributed by atoms with E-state index in [2.05, 4.69) is 96.2 Å². The fourth-order valence-corrected chi connectivity index (χ4v) is 20.5. The van der Waals surface area contributed by atoms with Crippen molar-refractivity contribution in [3.63, 3.8) is 0 Å². The van der Waals surface area contributed by atoms with Crippen LogP contribution in [0.1, 0.15) is 73.8 Å². The van der Waals surface area contributed by atoms with Gasteiger partial charge in [-0.05, 0) is 0 Å². The van der Waals surface area contributed by atoms with Gasteiger partial charge in [0.1, 0.15) is 0 Å². The molecule has 0 aromatic heterocycles. The van der Waals surface area contributed by atoms with Gasteiger partial charge in [0.15, 0.2) is 0 Å². The Labute approximate surface area is 181 Å². The average molecular weight is 462 g/mol. The molecule has 0 radical (unpaired) electrons. The van der Waals surface area contributed by atoms with Gasteiger partial charge >= 0.3 is 182 Å². The second-order valence-corrected chi connectivity index (χ2v) is 22.7. The Balaban J connectivity index is 1.73. The van der Waals surface area contributed by atoms with Gasteiger partial charge in [-0.15, -0.1) is 0 Å². The fourth-order valence-electron chi connectivity index (χ4n) is 5.54. The molecule has 0 amide bonds. The number of benzene rings is 2. The van der Waals surface area contributed by atoms with Gasteiger partial charge in [-0.3, -0.25) is 0 Å². The van der Waals surface area contributed by atoms with Gasteiger partial charge in [0, 0.05) is 0 Å². The summed E-state index contributed by atoms with van der Waals surface area (Å²) in [5.74, 6) is 0. The Hall–Kier alpha value is -1.20. The Kier molecular flexibility index (Phi) is 4.36. The zero-order valence-electron chi connectivity index (χ0n) is 18.9. The van der Waals surface area contributed by atoms with Crippen LogP contribution in [-0.4, -0.2) is 0 Å². The van der Waals surface area contributed by atoms with Crippen LogP contribution < -0.4 is 0 Å². The van der Waals surface area contributed by atoms with Gasteiger partial charge in [0.25, 0.3) is 0 Å². The average Bonchev–Trinajstić information content (AvgIpc) is 3.13. The molecule has 1 fully saturated rings. The molecule has 0 atom stereocenters. The topological polar surface area (TPSA) is 0 Å². The van der Waals surface area contributed by atoms with Gasteiger partial charge < -0.3 is 0 Å². The molecule has 0 saturated carbocycles. The number of fused-ring (bicyclic) bond motifs is 3. The van der Waals surface area contributed by atoms with Gasteiger partial charge in [-0.1, -0.05) is 0 Å². The predicted molar refractivity (Wildman–Crippen MR) is 123 cm³/mol. The van der Waals surface area contributed by atoms with Crippen molar-refractivity contribution in [3.8, 4) is 11.1 Å². The molecule has 5 rings (SSSR count). The molecular weight excluding hydrogens is 428 g/mol. The first-order chi connectivity index (χ1) is 13.6. The van der Waals surface area contributed by atoms with Crippen molar-refractivity contribution in [3.05, 3.63) is 80.2 Å². The van der Waals surface area contributed by atoms with E-state index in [4.69, 9.17) is 0 Å².